The number of methoxy groups -OCH3 is 2. The van der Waals surface area contributed by atoms with Crippen LogP contribution in [-0.4, -0.2) is 61.7 Å². The van der Waals surface area contributed by atoms with Gasteiger partial charge in [0.2, 0.25) is 0 Å². The number of hydrogen-bond acceptors (Lipinski definition) is 4. The summed E-state index contributed by atoms with van der Waals surface area (Å²) >= 11 is 0. The number of carboxylic acid groups (broad SMARTS) is 1. The molecule has 7 heteroatoms. The zero-order valence-corrected chi connectivity index (χ0v) is 22.6. The first-order chi connectivity index (χ1) is 18.9. The van der Waals surface area contributed by atoms with E-state index in [2.05, 4.69) is 17.4 Å². The summed E-state index contributed by atoms with van der Waals surface area (Å²) in [6, 6.07) is 25.7. The van der Waals surface area contributed by atoms with Crippen LogP contribution in [0.1, 0.15) is 29.0 Å². The second kappa shape index (κ2) is 11.7. The molecule has 3 aromatic carbocycles. The van der Waals surface area contributed by atoms with Gasteiger partial charge in [0.25, 0.3) is 0 Å². The van der Waals surface area contributed by atoms with Gasteiger partial charge in [-0.1, -0.05) is 66.7 Å². The van der Waals surface area contributed by atoms with E-state index in [1.54, 1.807) is 14.2 Å². The molecule has 1 aliphatic heterocycles. The maximum atomic E-state index is 17.7. The largest absolute Gasteiger partial charge is 0.496 e. The third-order valence-corrected chi connectivity index (χ3v) is 8.48. The van der Waals surface area contributed by atoms with E-state index >= 15 is 4.39 Å². The molecule has 2 aliphatic rings. The van der Waals surface area contributed by atoms with Crippen molar-refractivity contribution in [1.29, 1.82) is 0 Å². The number of carbonyl (C=O) groups is 1. The molecule has 39 heavy (non-hydrogen) atoms. The Morgan fingerprint density at radius 1 is 0.897 bits per heavy atom. The fourth-order valence-electron chi connectivity index (χ4n) is 6.21. The molecule has 2 fully saturated rings. The number of likely N-dealkylation sites (tertiary alicyclic amines) is 1. The van der Waals surface area contributed by atoms with E-state index in [1.807, 2.05) is 66.7 Å². The number of benzene rings is 3. The quantitative estimate of drug-likeness (QED) is 0.357. The third-order valence-electron chi connectivity index (χ3n) is 8.48. The van der Waals surface area contributed by atoms with E-state index in [0.717, 1.165) is 17.5 Å². The highest BCUT2D eigenvalue weighted by molar-refractivity contribution is 5.65. The van der Waals surface area contributed by atoms with Crippen molar-refractivity contribution in [1.82, 2.24) is 10.2 Å². The van der Waals surface area contributed by atoms with E-state index in [9.17, 15) is 9.90 Å². The molecule has 1 aliphatic carbocycles. The second-order valence-corrected chi connectivity index (χ2v) is 10.8. The highest BCUT2D eigenvalue weighted by Crippen LogP contribution is 2.45. The lowest BCUT2D eigenvalue weighted by Crippen LogP contribution is -2.62. The lowest BCUT2D eigenvalue weighted by molar-refractivity contribution is -0.0479. The predicted octanol–water partition coefficient (Wildman–Crippen LogP) is 5.57. The Kier molecular flexibility index (Phi) is 8.07. The van der Waals surface area contributed by atoms with E-state index in [4.69, 9.17) is 9.47 Å². The summed E-state index contributed by atoms with van der Waals surface area (Å²) in [6.07, 6.45) is 0.698. The smallest absolute Gasteiger partial charge is 0.407 e. The van der Waals surface area contributed by atoms with Crippen molar-refractivity contribution in [2.24, 2.45) is 11.8 Å². The average Bonchev–Trinajstić information content (AvgIpc) is 3.75. The molecular formula is C32H37FN2O4. The van der Waals surface area contributed by atoms with Crippen LogP contribution in [0.25, 0.3) is 0 Å². The van der Waals surface area contributed by atoms with Gasteiger partial charge in [0.15, 0.2) is 0 Å². The molecule has 206 valence electrons. The van der Waals surface area contributed by atoms with Gasteiger partial charge in [-0.05, 0) is 48.1 Å². The van der Waals surface area contributed by atoms with Crippen molar-refractivity contribution >= 4 is 6.09 Å². The number of halogens is 1. The van der Waals surface area contributed by atoms with Gasteiger partial charge in [-0.25, -0.2) is 9.18 Å². The van der Waals surface area contributed by atoms with Gasteiger partial charge < -0.3 is 24.8 Å². The Morgan fingerprint density at radius 3 is 1.92 bits per heavy atom. The van der Waals surface area contributed by atoms with Crippen molar-refractivity contribution < 1.29 is 23.8 Å². The van der Waals surface area contributed by atoms with E-state index in [0.29, 0.717) is 30.3 Å². The molecule has 1 amide bonds. The molecule has 0 bridgehead atoms. The van der Waals surface area contributed by atoms with E-state index < -0.39 is 23.6 Å². The Balaban J connectivity index is 1.45. The first-order valence-electron chi connectivity index (χ1n) is 13.6. The second-order valence-electron chi connectivity index (χ2n) is 10.8. The number of hydrogen-bond donors (Lipinski definition) is 2. The maximum Gasteiger partial charge on any atom is 0.407 e. The van der Waals surface area contributed by atoms with Crippen molar-refractivity contribution in [3.63, 3.8) is 0 Å². The molecule has 0 radical (unpaired) electrons. The van der Waals surface area contributed by atoms with E-state index in [-0.39, 0.29) is 25.7 Å². The summed E-state index contributed by atoms with van der Waals surface area (Å²) in [5.41, 5.74) is 1.37. The van der Waals surface area contributed by atoms with Crippen molar-refractivity contribution in [3.8, 4) is 11.5 Å². The van der Waals surface area contributed by atoms with Gasteiger partial charge in [-0.2, -0.15) is 0 Å². The molecule has 4 unspecified atom stereocenters. The number of nitrogens with one attached hydrogen (secondary N) is 1. The van der Waals surface area contributed by atoms with Gasteiger partial charge in [0.1, 0.15) is 17.2 Å². The van der Waals surface area contributed by atoms with Crippen LogP contribution >= 0.6 is 0 Å². The molecule has 2 N–H and O–H groups in total. The molecule has 3 aromatic rings. The molecule has 4 atom stereocenters. The fourth-order valence-corrected chi connectivity index (χ4v) is 6.21. The number of amides is 1. The van der Waals surface area contributed by atoms with Crippen molar-refractivity contribution in [2.75, 3.05) is 33.9 Å². The van der Waals surface area contributed by atoms with Crippen LogP contribution in [0.5, 0.6) is 11.5 Å². The summed E-state index contributed by atoms with van der Waals surface area (Å²) in [6.45, 7) is 0.412. The van der Waals surface area contributed by atoms with Crippen molar-refractivity contribution in [3.05, 3.63) is 95.6 Å². The van der Waals surface area contributed by atoms with Crippen LogP contribution in [0.15, 0.2) is 78.9 Å². The standard InChI is InChI=1S/C32H37FN2O4/c1-38-29-14-8-6-12-23(29)16-25-19-35(31(36)37)20-26(17-24-13-7-9-15-30(24)39-2)32(25,33)21-34-28-18-27(28)22-10-4-3-5-11-22/h3-15,25-28,34H,16-21H2,1-2H3,(H,36,37). The number of alkyl halides is 1. The molecule has 5 rings (SSSR count). The normalized spacial score (nSPS) is 26.2. The maximum absolute atomic E-state index is 17.7. The van der Waals surface area contributed by atoms with Crippen LogP contribution < -0.4 is 14.8 Å². The predicted molar refractivity (Wildman–Crippen MR) is 149 cm³/mol. The minimum atomic E-state index is -1.66. The summed E-state index contributed by atoms with van der Waals surface area (Å²) in [5, 5.41) is 13.5. The first kappa shape index (κ1) is 27.0. The Morgan fingerprint density at radius 2 is 1.41 bits per heavy atom. The number of nitrogens with zero attached hydrogens (tertiary/aromatic N) is 1. The Hall–Kier alpha value is -3.58. The zero-order chi connectivity index (χ0) is 27.4. The zero-order valence-electron chi connectivity index (χ0n) is 22.6. The Bertz CT molecular complexity index is 1210. The summed E-state index contributed by atoms with van der Waals surface area (Å²) in [5.74, 6) is 0.634. The van der Waals surface area contributed by atoms with Gasteiger partial charge in [-0.15, -0.1) is 0 Å². The molecular weight excluding hydrogens is 495 g/mol. The van der Waals surface area contributed by atoms with Crippen LogP contribution in [0.3, 0.4) is 0 Å². The fraction of sp³-hybridized carbons (Fsp3) is 0.406. The summed E-state index contributed by atoms with van der Waals surface area (Å²) < 4.78 is 28.9. The highest BCUT2D eigenvalue weighted by Gasteiger charge is 2.52. The Labute approximate surface area is 229 Å². The molecule has 0 aromatic heterocycles. The van der Waals surface area contributed by atoms with Crippen LogP contribution in [0, 0.1) is 11.8 Å². The molecule has 1 heterocycles. The monoisotopic (exact) mass is 532 g/mol. The van der Waals surface area contributed by atoms with Gasteiger partial charge in [0.05, 0.1) is 14.2 Å². The SMILES string of the molecule is COc1ccccc1CC1CN(C(=O)O)CC(Cc2ccccc2OC)C1(F)CNC1CC1c1ccccc1. The number of rotatable bonds is 10. The van der Waals surface area contributed by atoms with Crippen LogP contribution in [-0.2, 0) is 12.8 Å². The van der Waals surface area contributed by atoms with Gasteiger partial charge in [-0.3, -0.25) is 0 Å². The topological polar surface area (TPSA) is 71.0 Å². The highest BCUT2D eigenvalue weighted by atomic mass is 19.1. The van der Waals surface area contributed by atoms with Gasteiger partial charge >= 0.3 is 6.09 Å². The summed E-state index contributed by atoms with van der Waals surface area (Å²) in [7, 11) is 3.21. The van der Waals surface area contributed by atoms with E-state index in [1.165, 1.54) is 10.5 Å². The van der Waals surface area contributed by atoms with Crippen LogP contribution in [0.2, 0.25) is 0 Å². The molecule has 1 saturated heterocycles. The molecule has 1 saturated carbocycles. The summed E-state index contributed by atoms with van der Waals surface area (Å²) in [4.78, 5) is 13.6. The van der Waals surface area contributed by atoms with Crippen molar-refractivity contribution in [2.45, 2.75) is 36.9 Å². The lowest BCUT2D eigenvalue weighted by Gasteiger charge is -2.48. The third kappa shape index (κ3) is 5.88. The average molecular weight is 533 g/mol. The first-order valence-corrected chi connectivity index (χ1v) is 13.6. The minimum Gasteiger partial charge on any atom is -0.496 e. The number of piperidine rings is 1. The van der Waals surface area contributed by atoms with Gasteiger partial charge in [0, 0.05) is 43.4 Å². The molecule has 0 spiro atoms. The number of ether oxygens (including phenoxy) is 2. The minimum absolute atomic E-state index is 0.126. The number of para-hydroxylation sites is 2. The van der Waals surface area contributed by atoms with Crippen LogP contribution in [0.4, 0.5) is 9.18 Å². The molecule has 6 nitrogen and oxygen atoms in total. The lowest BCUT2D eigenvalue weighted by atomic mass is 9.70.